The van der Waals surface area contributed by atoms with Gasteiger partial charge in [0.25, 0.3) is 5.56 Å². The van der Waals surface area contributed by atoms with Gasteiger partial charge in [0, 0.05) is 13.1 Å². The molecule has 8 heteroatoms. The maximum absolute atomic E-state index is 12.8. The van der Waals surface area contributed by atoms with Gasteiger partial charge in [-0.3, -0.25) is 14.2 Å². The highest BCUT2D eigenvalue weighted by Crippen LogP contribution is 2.21. The van der Waals surface area contributed by atoms with Crippen LogP contribution in [0.3, 0.4) is 0 Å². The zero-order valence-corrected chi connectivity index (χ0v) is 14.4. The molecule has 1 aliphatic rings. The molecule has 0 N–H and O–H groups in total. The second-order valence-electron chi connectivity index (χ2n) is 6.05. The Hall–Kier alpha value is -2.64. The van der Waals surface area contributed by atoms with Crippen molar-refractivity contribution in [3.05, 3.63) is 28.0 Å². The van der Waals surface area contributed by atoms with E-state index >= 15 is 0 Å². The number of likely N-dealkylation sites (tertiary alicyclic amines) is 1. The zero-order chi connectivity index (χ0) is 18.0. The number of carbonyl (C=O) groups is 2. The first-order chi connectivity index (χ1) is 12.0. The van der Waals surface area contributed by atoms with Crippen LogP contribution in [0.15, 0.2) is 15.5 Å². The van der Waals surface area contributed by atoms with Crippen molar-refractivity contribution >= 4 is 23.0 Å². The van der Waals surface area contributed by atoms with Crippen LogP contribution < -0.4 is 5.56 Å². The lowest BCUT2D eigenvalue weighted by Gasteiger charge is -2.26. The van der Waals surface area contributed by atoms with Gasteiger partial charge in [0.15, 0.2) is 0 Å². The van der Waals surface area contributed by atoms with Crippen molar-refractivity contribution in [3.8, 4) is 0 Å². The van der Waals surface area contributed by atoms with Crippen molar-refractivity contribution in [2.45, 2.75) is 39.7 Å². The summed E-state index contributed by atoms with van der Waals surface area (Å²) in [5, 5.41) is 0.0601. The third-order valence-corrected chi connectivity index (χ3v) is 4.35. The van der Waals surface area contributed by atoms with Crippen molar-refractivity contribution < 1.29 is 18.7 Å². The van der Waals surface area contributed by atoms with Gasteiger partial charge in [0.05, 0.1) is 6.61 Å². The zero-order valence-electron chi connectivity index (χ0n) is 14.4. The number of hydrogen-bond acceptors (Lipinski definition) is 6. The molecular weight excluding hydrogens is 326 g/mol. The van der Waals surface area contributed by atoms with E-state index in [0.29, 0.717) is 13.1 Å². The number of esters is 1. The van der Waals surface area contributed by atoms with E-state index in [1.807, 2.05) is 0 Å². The molecule has 0 saturated carbocycles. The van der Waals surface area contributed by atoms with Crippen LogP contribution in [0.4, 0.5) is 0 Å². The standard InChI is InChI=1S/C17H21N3O5/c1-3-24-17(23)13-11(2)25-15-14(13)16(22)20(10-18-15)9-12(21)19-7-5-4-6-8-19/h10H,3-9H2,1-2H3. The van der Waals surface area contributed by atoms with Crippen molar-refractivity contribution in [3.63, 3.8) is 0 Å². The number of aryl methyl sites for hydroxylation is 1. The van der Waals surface area contributed by atoms with Gasteiger partial charge < -0.3 is 14.1 Å². The number of aromatic nitrogens is 2. The van der Waals surface area contributed by atoms with Crippen molar-refractivity contribution in [1.82, 2.24) is 14.5 Å². The van der Waals surface area contributed by atoms with Crippen LogP contribution in [0, 0.1) is 6.92 Å². The summed E-state index contributed by atoms with van der Waals surface area (Å²) in [6, 6.07) is 0. The molecule has 0 spiro atoms. The van der Waals surface area contributed by atoms with E-state index in [4.69, 9.17) is 9.15 Å². The van der Waals surface area contributed by atoms with Crippen LogP contribution >= 0.6 is 0 Å². The summed E-state index contributed by atoms with van der Waals surface area (Å²) in [4.78, 5) is 43.2. The molecule has 3 heterocycles. The lowest BCUT2D eigenvalue weighted by atomic mass is 10.1. The number of hydrogen-bond donors (Lipinski definition) is 0. The molecule has 0 radical (unpaired) electrons. The molecule has 1 fully saturated rings. The summed E-state index contributed by atoms with van der Waals surface area (Å²) < 4.78 is 11.6. The fraction of sp³-hybridized carbons (Fsp3) is 0.529. The molecule has 3 rings (SSSR count). The van der Waals surface area contributed by atoms with E-state index in [9.17, 15) is 14.4 Å². The van der Waals surface area contributed by atoms with Gasteiger partial charge >= 0.3 is 5.97 Å². The minimum Gasteiger partial charge on any atom is -0.462 e. The molecular formula is C17H21N3O5. The first-order valence-electron chi connectivity index (χ1n) is 8.46. The first kappa shape index (κ1) is 17.2. The molecule has 1 amide bonds. The maximum Gasteiger partial charge on any atom is 0.342 e. The summed E-state index contributed by atoms with van der Waals surface area (Å²) in [7, 11) is 0. The van der Waals surface area contributed by atoms with E-state index < -0.39 is 11.5 Å². The summed E-state index contributed by atoms with van der Waals surface area (Å²) in [5.41, 5.74) is -0.323. The van der Waals surface area contributed by atoms with Crippen molar-refractivity contribution in [1.29, 1.82) is 0 Å². The van der Waals surface area contributed by atoms with Crippen molar-refractivity contribution in [2.75, 3.05) is 19.7 Å². The monoisotopic (exact) mass is 347 g/mol. The van der Waals surface area contributed by atoms with E-state index in [2.05, 4.69) is 4.98 Å². The van der Waals surface area contributed by atoms with E-state index in [1.165, 1.54) is 10.9 Å². The highest BCUT2D eigenvalue weighted by Gasteiger charge is 2.25. The molecule has 1 aliphatic heterocycles. The molecule has 1 saturated heterocycles. The Labute approximate surface area is 144 Å². The molecule has 2 aromatic rings. The SMILES string of the molecule is CCOC(=O)c1c(C)oc2ncn(CC(=O)N3CCCCC3)c(=O)c12. The molecule has 0 aromatic carbocycles. The second-order valence-corrected chi connectivity index (χ2v) is 6.05. The van der Waals surface area contributed by atoms with Crippen LogP contribution in [-0.4, -0.2) is 46.0 Å². The van der Waals surface area contributed by atoms with Crippen LogP contribution in [0.25, 0.3) is 11.1 Å². The summed E-state index contributed by atoms with van der Waals surface area (Å²) in [5.74, 6) is -0.475. The minimum atomic E-state index is -0.627. The molecule has 0 bridgehead atoms. The summed E-state index contributed by atoms with van der Waals surface area (Å²) >= 11 is 0. The van der Waals surface area contributed by atoms with Gasteiger partial charge in [0.1, 0.15) is 29.6 Å². The highest BCUT2D eigenvalue weighted by atomic mass is 16.5. The third kappa shape index (κ3) is 3.29. The van der Waals surface area contributed by atoms with Gasteiger partial charge in [0.2, 0.25) is 11.6 Å². The number of piperidine rings is 1. The van der Waals surface area contributed by atoms with Gasteiger partial charge in [-0.25, -0.2) is 9.78 Å². The molecule has 0 unspecified atom stereocenters. The van der Waals surface area contributed by atoms with Gasteiger partial charge in [-0.15, -0.1) is 0 Å². The maximum atomic E-state index is 12.8. The number of carbonyl (C=O) groups excluding carboxylic acids is 2. The number of ether oxygens (including phenoxy) is 1. The summed E-state index contributed by atoms with van der Waals surface area (Å²) in [6.07, 6.45) is 4.36. The largest absolute Gasteiger partial charge is 0.462 e. The molecule has 0 aliphatic carbocycles. The quantitative estimate of drug-likeness (QED) is 0.778. The van der Waals surface area contributed by atoms with Gasteiger partial charge in [-0.1, -0.05) is 0 Å². The molecule has 25 heavy (non-hydrogen) atoms. The van der Waals surface area contributed by atoms with E-state index in [-0.39, 0.29) is 41.5 Å². The fourth-order valence-corrected chi connectivity index (χ4v) is 3.09. The van der Waals surface area contributed by atoms with Crippen LogP contribution in [0.1, 0.15) is 42.3 Å². The molecule has 0 atom stereocenters. The van der Waals surface area contributed by atoms with Crippen molar-refractivity contribution in [2.24, 2.45) is 0 Å². The molecule has 2 aromatic heterocycles. The Bertz CT molecular complexity index is 861. The van der Waals surface area contributed by atoms with Crippen LogP contribution in [0.5, 0.6) is 0 Å². The van der Waals surface area contributed by atoms with E-state index in [0.717, 1.165) is 19.3 Å². The second kappa shape index (κ2) is 7.08. The number of amides is 1. The minimum absolute atomic E-state index is 0.0601. The average Bonchev–Trinajstić information content (AvgIpc) is 2.95. The van der Waals surface area contributed by atoms with Gasteiger partial charge in [-0.05, 0) is 33.1 Å². The van der Waals surface area contributed by atoms with Crippen LogP contribution in [0.2, 0.25) is 0 Å². The lowest BCUT2D eigenvalue weighted by Crippen LogP contribution is -2.39. The predicted molar refractivity (Wildman–Crippen MR) is 89.4 cm³/mol. The smallest absolute Gasteiger partial charge is 0.342 e. The Morgan fingerprint density at radius 2 is 2.00 bits per heavy atom. The highest BCUT2D eigenvalue weighted by molar-refractivity contribution is 6.03. The Morgan fingerprint density at radius 1 is 1.28 bits per heavy atom. The average molecular weight is 347 g/mol. The Kier molecular flexibility index (Phi) is 4.87. The topological polar surface area (TPSA) is 94.6 Å². The molecule has 8 nitrogen and oxygen atoms in total. The number of nitrogens with zero attached hydrogens (tertiary/aromatic N) is 3. The Morgan fingerprint density at radius 3 is 2.68 bits per heavy atom. The third-order valence-electron chi connectivity index (χ3n) is 4.35. The summed E-state index contributed by atoms with van der Waals surface area (Å²) in [6.45, 7) is 4.77. The normalized spacial score (nSPS) is 14.7. The van der Waals surface area contributed by atoms with Crippen LogP contribution in [-0.2, 0) is 16.1 Å². The predicted octanol–water partition coefficient (Wildman–Crippen LogP) is 1.49. The molecule has 134 valence electrons. The number of fused-ring (bicyclic) bond motifs is 1. The fourth-order valence-electron chi connectivity index (χ4n) is 3.09. The number of furan rings is 1. The lowest BCUT2D eigenvalue weighted by molar-refractivity contribution is -0.132. The van der Waals surface area contributed by atoms with Gasteiger partial charge in [-0.2, -0.15) is 0 Å². The Balaban J connectivity index is 1.96. The van der Waals surface area contributed by atoms with E-state index in [1.54, 1.807) is 18.7 Å². The first-order valence-corrected chi connectivity index (χ1v) is 8.46. The number of rotatable bonds is 4.